The van der Waals surface area contributed by atoms with Gasteiger partial charge in [-0.1, -0.05) is 65.1 Å². The molecular weight excluding hydrogens is 512 g/mol. The van der Waals surface area contributed by atoms with E-state index in [0.717, 1.165) is 10.7 Å². The normalized spacial score (nSPS) is 11.5. The van der Waals surface area contributed by atoms with Crippen LogP contribution >= 0.6 is 34.8 Å². The second-order valence-electron chi connectivity index (χ2n) is 7.16. The van der Waals surface area contributed by atoms with Crippen molar-refractivity contribution in [2.24, 2.45) is 0 Å². The van der Waals surface area contributed by atoms with Gasteiger partial charge in [-0.05, 0) is 47.5 Å². The molecule has 34 heavy (non-hydrogen) atoms. The van der Waals surface area contributed by atoms with Crippen molar-refractivity contribution >= 4 is 40.8 Å². The minimum Gasteiger partial charge on any atom is -0.465 e. The molecule has 0 aliphatic rings. The number of aromatic nitrogens is 2. The molecular formula is C24H14Cl3F3N2O2. The maximum atomic E-state index is 13.5. The van der Waals surface area contributed by atoms with E-state index in [2.05, 4.69) is 5.10 Å². The maximum absolute atomic E-state index is 13.5. The summed E-state index contributed by atoms with van der Waals surface area (Å²) in [6.45, 7) is 0. The highest BCUT2D eigenvalue weighted by molar-refractivity contribution is 6.38. The summed E-state index contributed by atoms with van der Waals surface area (Å²) in [6, 6.07) is 17.0. The molecule has 4 aromatic rings. The van der Waals surface area contributed by atoms with Crippen LogP contribution in [0.25, 0.3) is 28.1 Å². The predicted octanol–water partition coefficient (Wildman–Crippen LogP) is 7.97. The third-order valence-electron chi connectivity index (χ3n) is 5.01. The molecule has 0 radical (unpaired) electrons. The molecule has 0 unspecified atom stereocenters. The van der Waals surface area contributed by atoms with E-state index in [1.165, 1.54) is 19.2 Å². The van der Waals surface area contributed by atoms with Crippen LogP contribution in [-0.4, -0.2) is 22.9 Å². The van der Waals surface area contributed by atoms with E-state index in [4.69, 9.17) is 39.5 Å². The van der Waals surface area contributed by atoms with Crippen LogP contribution in [0.5, 0.6) is 0 Å². The molecule has 10 heteroatoms. The highest BCUT2D eigenvalue weighted by Crippen LogP contribution is 2.39. The van der Waals surface area contributed by atoms with Crippen molar-refractivity contribution in [2.45, 2.75) is 6.18 Å². The Morgan fingerprint density at radius 1 is 0.882 bits per heavy atom. The molecule has 0 saturated heterocycles. The number of rotatable bonds is 4. The number of methoxy groups -OCH3 is 1. The fourth-order valence-corrected chi connectivity index (χ4v) is 4.25. The van der Waals surface area contributed by atoms with Gasteiger partial charge in [0.15, 0.2) is 5.69 Å². The smallest absolute Gasteiger partial charge is 0.435 e. The number of alkyl halides is 3. The molecule has 0 aliphatic carbocycles. The van der Waals surface area contributed by atoms with Gasteiger partial charge in [-0.2, -0.15) is 18.3 Å². The third kappa shape index (κ3) is 4.64. The van der Waals surface area contributed by atoms with Crippen molar-refractivity contribution in [3.05, 3.63) is 93.1 Å². The topological polar surface area (TPSA) is 44.1 Å². The summed E-state index contributed by atoms with van der Waals surface area (Å²) in [4.78, 5) is 11.8. The fourth-order valence-electron chi connectivity index (χ4n) is 3.42. The Bertz CT molecular complexity index is 1380. The van der Waals surface area contributed by atoms with E-state index in [9.17, 15) is 18.0 Å². The van der Waals surface area contributed by atoms with Gasteiger partial charge in [0.2, 0.25) is 0 Å². The number of carbonyl (C=O) groups excluding carboxylic acids is 1. The lowest BCUT2D eigenvalue weighted by atomic mass is 10.0. The minimum absolute atomic E-state index is 0.0576. The van der Waals surface area contributed by atoms with Gasteiger partial charge in [0.1, 0.15) is 5.69 Å². The van der Waals surface area contributed by atoms with Crippen LogP contribution in [0.1, 0.15) is 16.1 Å². The fraction of sp³-hybridized carbons (Fsp3) is 0.0833. The molecule has 1 aromatic heterocycles. The van der Waals surface area contributed by atoms with Crippen LogP contribution in [0.2, 0.25) is 15.1 Å². The second kappa shape index (κ2) is 9.33. The lowest BCUT2D eigenvalue weighted by Crippen LogP contribution is -2.08. The molecule has 174 valence electrons. The number of esters is 1. The standard InChI is InChI=1S/C24H14Cl3F3N2O2/c1-34-23(33)15-5-2-4-13(10-15)14-8-9-16(19(27)11-14)20-12-21(24(28,29)30)31-32(20)22-17(25)6-3-7-18(22)26/h2-12H,1H3. The quantitative estimate of drug-likeness (QED) is 0.254. The van der Waals surface area contributed by atoms with Crippen LogP contribution in [0.15, 0.2) is 66.7 Å². The molecule has 3 aromatic carbocycles. The van der Waals surface area contributed by atoms with Crippen molar-refractivity contribution < 1.29 is 22.7 Å². The Morgan fingerprint density at radius 2 is 1.53 bits per heavy atom. The van der Waals surface area contributed by atoms with Gasteiger partial charge >= 0.3 is 12.1 Å². The summed E-state index contributed by atoms with van der Waals surface area (Å²) in [5.41, 5.74) is 0.996. The Morgan fingerprint density at radius 3 is 2.15 bits per heavy atom. The van der Waals surface area contributed by atoms with Gasteiger partial charge in [-0.3, -0.25) is 0 Å². The predicted molar refractivity (Wildman–Crippen MR) is 126 cm³/mol. The van der Waals surface area contributed by atoms with Crippen LogP contribution < -0.4 is 0 Å². The molecule has 0 amide bonds. The molecule has 0 atom stereocenters. The van der Waals surface area contributed by atoms with Crippen LogP contribution in [0.3, 0.4) is 0 Å². The van der Waals surface area contributed by atoms with Gasteiger partial charge in [0.25, 0.3) is 0 Å². The highest BCUT2D eigenvalue weighted by atomic mass is 35.5. The van der Waals surface area contributed by atoms with E-state index >= 15 is 0 Å². The average Bonchev–Trinajstić information content (AvgIpc) is 3.23. The van der Waals surface area contributed by atoms with Gasteiger partial charge in [0.05, 0.1) is 33.4 Å². The molecule has 4 nitrogen and oxygen atoms in total. The largest absolute Gasteiger partial charge is 0.465 e. The number of hydrogen-bond acceptors (Lipinski definition) is 3. The molecule has 0 aliphatic heterocycles. The number of nitrogens with zero attached hydrogens (tertiary/aromatic N) is 2. The Kier molecular flexibility index (Phi) is 6.62. The summed E-state index contributed by atoms with van der Waals surface area (Å²) >= 11 is 19.0. The van der Waals surface area contributed by atoms with E-state index in [1.54, 1.807) is 48.5 Å². The first-order valence-corrected chi connectivity index (χ1v) is 10.8. The first-order valence-electron chi connectivity index (χ1n) is 9.70. The number of hydrogen-bond donors (Lipinski definition) is 0. The second-order valence-corrected chi connectivity index (χ2v) is 8.38. The number of para-hydroxylation sites is 1. The van der Waals surface area contributed by atoms with Gasteiger partial charge < -0.3 is 4.74 Å². The van der Waals surface area contributed by atoms with Crippen molar-refractivity contribution in [1.29, 1.82) is 0 Å². The average molecular weight is 526 g/mol. The molecule has 0 fully saturated rings. The summed E-state index contributed by atoms with van der Waals surface area (Å²) in [5, 5.41) is 4.14. The summed E-state index contributed by atoms with van der Waals surface area (Å²) in [7, 11) is 1.28. The Labute approximate surface area is 207 Å². The summed E-state index contributed by atoms with van der Waals surface area (Å²) in [6.07, 6.45) is -4.70. The first-order chi connectivity index (χ1) is 16.1. The van der Waals surface area contributed by atoms with Crippen LogP contribution in [-0.2, 0) is 10.9 Å². The summed E-state index contributed by atoms with van der Waals surface area (Å²) < 4.78 is 46.3. The molecule has 0 bridgehead atoms. The Hall–Kier alpha value is -3.00. The van der Waals surface area contributed by atoms with Crippen molar-refractivity contribution in [2.75, 3.05) is 7.11 Å². The van der Waals surface area contributed by atoms with E-state index in [1.807, 2.05) is 0 Å². The van der Waals surface area contributed by atoms with E-state index in [0.29, 0.717) is 16.7 Å². The van der Waals surface area contributed by atoms with Crippen LogP contribution in [0, 0.1) is 0 Å². The highest BCUT2D eigenvalue weighted by Gasteiger charge is 2.36. The molecule has 4 rings (SSSR count). The molecule has 0 N–H and O–H groups in total. The summed E-state index contributed by atoms with van der Waals surface area (Å²) in [5.74, 6) is -0.496. The third-order valence-corrected chi connectivity index (χ3v) is 5.93. The van der Waals surface area contributed by atoms with Crippen molar-refractivity contribution in [3.8, 4) is 28.1 Å². The molecule has 0 saturated carbocycles. The molecule has 1 heterocycles. The monoisotopic (exact) mass is 524 g/mol. The van der Waals surface area contributed by atoms with E-state index in [-0.39, 0.29) is 32.0 Å². The number of ether oxygens (including phenoxy) is 1. The Balaban J connectivity index is 1.86. The number of benzene rings is 3. The van der Waals surface area contributed by atoms with Crippen molar-refractivity contribution in [3.63, 3.8) is 0 Å². The van der Waals surface area contributed by atoms with Crippen LogP contribution in [0.4, 0.5) is 13.2 Å². The zero-order valence-corrected chi connectivity index (χ0v) is 19.6. The van der Waals surface area contributed by atoms with E-state index < -0.39 is 17.8 Å². The van der Waals surface area contributed by atoms with Crippen molar-refractivity contribution in [1.82, 2.24) is 9.78 Å². The molecule has 0 spiro atoms. The van der Waals surface area contributed by atoms with Gasteiger partial charge in [-0.25, -0.2) is 9.48 Å². The lowest BCUT2D eigenvalue weighted by molar-refractivity contribution is -0.141. The number of halogens is 6. The zero-order chi connectivity index (χ0) is 24.6. The first kappa shape index (κ1) is 24.1. The lowest BCUT2D eigenvalue weighted by Gasteiger charge is -2.13. The van der Waals surface area contributed by atoms with Gasteiger partial charge in [-0.15, -0.1) is 0 Å². The SMILES string of the molecule is COC(=O)c1cccc(-c2ccc(-c3cc(C(F)(F)F)nn3-c3c(Cl)cccc3Cl)c(Cl)c2)c1. The zero-order valence-electron chi connectivity index (χ0n) is 17.3. The minimum atomic E-state index is -4.70. The maximum Gasteiger partial charge on any atom is 0.435 e. The van der Waals surface area contributed by atoms with Gasteiger partial charge in [0, 0.05) is 5.56 Å². The number of carbonyl (C=O) groups is 1.